The highest BCUT2D eigenvalue weighted by Crippen LogP contribution is 2.27. The molecule has 1 aromatic heterocycles. The average molecular weight is 396 g/mol. The molecule has 148 valence electrons. The van der Waals surface area contributed by atoms with Gasteiger partial charge in [0.1, 0.15) is 11.6 Å². The number of methoxy groups -OCH3 is 1. The normalized spacial score (nSPS) is 10.3. The zero-order valence-corrected chi connectivity index (χ0v) is 15.4. The van der Waals surface area contributed by atoms with Crippen molar-refractivity contribution >= 4 is 23.1 Å². The van der Waals surface area contributed by atoms with Gasteiger partial charge in [0.15, 0.2) is 5.75 Å². The molecule has 0 saturated heterocycles. The molecule has 0 aliphatic rings. The number of rotatable bonds is 7. The average Bonchev–Trinajstić information content (AvgIpc) is 2.73. The van der Waals surface area contributed by atoms with Crippen molar-refractivity contribution in [2.75, 3.05) is 17.7 Å². The number of aromatic nitrogens is 1. The molecule has 0 bridgehead atoms. The predicted molar refractivity (Wildman–Crippen MR) is 106 cm³/mol. The van der Waals surface area contributed by atoms with E-state index in [0.717, 1.165) is 6.07 Å². The van der Waals surface area contributed by atoms with Crippen molar-refractivity contribution in [3.05, 3.63) is 87.9 Å². The van der Waals surface area contributed by atoms with Gasteiger partial charge >= 0.3 is 5.69 Å². The number of amides is 1. The van der Waals surface area contributed by atoms with Crippen LogP contribution in [0, 0.1) is 15.9 Å². The summed E-state index contributed by atoms with van der Waals surface area (Å²) in [5.74, 6) is -0.257. The van der Waals surface area contributed by atoms with Crippen LogP contribution in [0.4, 0.5) is 21.6 Å². The summed E-state index contributed by atoms with van der Waals surface area (Å²) in [4.78, 5) is 27.0. The minimum Gasteiger partial charge on any atom is -0.490 e. The van der Waals surface area contributed by atoms with Gasteiger partial charge in [0, 0.05) is 23.7 Å². The number of nitrogens with zero attached hydrogens (tertiary/aromatic N) is 2. The van der Waals surface area contributed by atoms with Crippen LogP contribution in [-0.4, -0.2) is 22.9 Å². The number of anilines is 2. The van der Waals surface area contributed by atoms with Gasteiger partial charge in [0.2, 0.25) is 0 Å². The Morgan fingerprint density at radius 3 is 2.66 bits per heavy atom. The van der Waals surface area contributed by atoms with Gasteiger partial charge in [0.25, 0.3) is 5.91 Å². The third-order valence-corrected chi connectivity index (χ3v) is 4.08. The lowest BCUT2D eigenvalue weighted by molar-refractivity contribution is -0.385. The summed E-state index contributed by atoms with van der Waals surface area (Å²) >= 11 is 0. The fourth-order valence-corrected chi connectivity index (χ4v) is 2.58. The van der Waals surface area contributed by atoms with Crippen LogP contribution >= 0.6 is 0 Å². The highest BCUT2D eigenvalue weighted by Gasteiger charge is 2.18. The quantitative estimate of drug-likeness (QED) is 0.462. The molecule has 0 saturated carbocycles. The van der Waals surface area contributed by atoms with Crippen molar-refractivity contribution in [2.24, 2.45) is 0 Å². The number of nitro groups is 1. The van der Waals surface area contributed by atoms with Crippen LogP contribution in [0.15, 0.2) is 60.8 Å². The second-order valence-corrected chi connectivity index (χ2v) is 5.97. The molecule has 1 heterocycles. The van der Waals surface area contributed by atoms with Crippen molar-refractivity contribution in [1.29, 1.82) is 0 Å². The van der Waals surface area contributed by atoms with Crippen molar-refractivity contribution in [2.45, 2.75) is 6.54 Å². The number of pyridine rings is 1. The van der Waals surface area contributed by atoms with Gasteiger partial charge < -0.3 is 15.4 Å². The standard InChI is InChI=1S/C20H17FN4O4/c1-29-18-8-6-13(10-17(18)25(27)28)20(26)24-15-7-9-19(23-12-15)22-11-14-4-2-3-5-16(14)21/h2-10,12H,11H2,1H3,(H,22,23)(H,24,26). The molecule has 3 aromatic rings. The molecule has 0 radical (unpaired) electrons. The molecule has 2 N–H and O–H groups in total. The molecule has 9 heteroatoms. The lowest BCUT2D eigenvalue weighted by Gasteiger charge is -2.09. The first-order valence-corrected chi connectivity index (χ1v) is 8.55. The minimum absolute atomic E-state index is 0.0681. The van der Waals surface area contributed by atoms with Crippen molar-refractivity contribution in [3.8, 4) is 5.75 Å². The van der Waals surface area contributed by atoms with Gasteiger partial charge in [-0.2, -0.15) is 0 Å². The van der Waals surface area contributed by atoms with E-state index in [4.69, 9.17) is 4.74 Å². The van der Waals surface area contributed by atoms with Gasteiger partial charge in [-0.05, 0) is 30.3 Å². The van der Waals surface area contributed by atoms with E-state index >= 15 is 0 Å². The fraction of sp³-hybridized carbons (Fsp3) is 0.100. The Balaban J connectivity index is 1.65. The molecule has 29 heavy (non-hydrogen) atoms. The predicted octanol–water partition coefficient (Wildman–Crippen LogP) is 4.00. The summed E-state index contributed by atoms with van der Waals surface area (Å²) in [5, 5.41) is 16.7. The molecule has 0 fully saturated rings. The minimum atomic E-state index is -0.618. The second-order valence-electron chi connectivity index (χ2n) is 5.97. The number of nitro benzene ring substituents is 1. The molecule has 0 aliphatic carbocycles. The number of nitrogens with one attached hydrogen (secondary N) is 2. The first-order chi connectivity index (χ1) is 14.0. The van der Waals surface area contributed by atoms with E-state index in [9.17, 15) is 19.3 Å². The number of hydrogen-bond acceptors (Lipinski definition) is 6. The summed E-state index contributed by atoms with van der Waals surface area (Å²) in [6.45, 7) is 0.265. The molecule has 8 nitrogen and oxygen atoms in total. The molecule has 2 aromatic carbocycles. The van der Waals surface area contributed by atoms with Crippen LogP contribution in [0.2, 0.25) is 0 Å². The van der Waals surface area contributed by atoms with Crippen LogP contribution in [-0.2, 0) is 6.54 Å². The first-order valence-electron chi connectivity index (χ1n) is 8.55. The summed E-state index contributed by atoms with van der Waals surface area (Å²) < 4.78 is 18.6. The molecule has 0 atom stereocenters. The van der Waals surface area contributed by atoms with E-state index in [1.165, 1.54) is 31.5 Å². The number of hydrogen-bond donors (Lipinski definition) is 2. The van der Waals surface area contributed by atoms with E-state index in [1.807, 2.05) is 0 Å². The molecule has 0 unspecified atom stereocenters. The molecule has 0 aliphatic heterocycles. The third kappa shape index (κ3) is 4.83. The highest BCUT2D eigenvalue weighted by atomic mass is 19.1. The van der Waals surface area contributed by atoms with E-state index in [-0.39, 0.29) is 29.4 Å². The molecule has 1 amide bonds. The van der Waals surface area contributed by atoms with E-state index in [2.05, 4.69) is 15.6 Å². The van der Waals surface area contributed by atoms with Crippen LogP contribution in [0.25, 0.3) is 0 Å². The monoisotopic (exact) mass is 396 g/mol. The lowest BCUT2D eigenvalue weighted by Crippen LogP contribution is -2.13. The van der Waals surface area contributed by atoms with E-state index in [0.29, 0.717) is 17.1 Å². The van der Waals surface area contributed by atoms with Gasteiger partial charge in [-0.15, -0.1) is 0 Å². The number of carbonyl (C=O) groups is 1. The van der Waals surface area contributed by atoms with Crippen LogP contribution < -0.4 is 15.4 Å². The van der Waals surface area contributed by atoms with E-state index in [1.54, 1.807) is 30.3 Å². The Kier molecular flexibility index (Phi) is 5.98. The van der Waals surface area contributed by atoms with Gasteiger partial charge in [0.05, 0.1) is 23.9 Å². The van der Waals surface area contributed by atoms with Gasteiger partial charge in [-0.25, -0.2) is 9.37 Å². The third-order valence-electron chi connectivity index (χ3n) is 4.08. The number of benzene rings is 2. The van der Waals surface area contributed by atoms with Crippen molar-refractivity contribution in [3.63, 3.8) is 0 Å². The Bertz CT molecular complexity index is 1040. The zero-order chi connectivity index (χ0) is 20.8. The Hall–Kier alpha value is -4.01. The summed E-state index contributed by atoms with van der Waals surface area (Å²) in [6, 6.07) is 13.6. The topological polar surface area (TPSA) is 106 Å². The number of carbonyl (C=O) groups excluding carboxylic acids is 1. The number of ether oxygens (including phenoxy) is 1. The largest absolute Gasteiger partial charge is 0.490 e. The van der Waals surface area contributed by atoms with Crippen LogP contribution in [0.5, 0.6) is 5.75 Å². The Morgan fingerprint density at radius 1 is 1.21 bits per heavy atom. The maximum absolute atomic E-state index is 13.6. The van der Waals surface area contributed by atoms with Gasteiger partial charge in [-0.3, -0.25) is 14.9 Å². The van der Waals surface area contributed by atoms with Crippen LogP contribution in [0.1, 0.15) is 15.9 Å². The molecular formula is C20H17FN4O4. The smallest absolute Gasteiger partial charge is 0.311 e. The summed E-state index contributed by atoms with van der Waals surface area (Å²) in [6.07, 6.45) is 1.43. The van der Waals surface area contributed by atoms with Gasteiger partial charge in [-0.1, -0.05) is 18.2 Å². The number of halogens is 1. The molecule has 0 spiro atoms. The summed E-state index contributed by atoms with van der Waals surface area (Å²) in [7, 11) is 1.31. The SMILES string of the molecule is COc1ccc(C(=O)Nc2ccc(NCc3ccccc3F)nc2)cc1[N+](=O)[O-]. The maximum Gasteiger partial charge on any atom is 0.311 e. The second kappa shape index (κ2) is 8.79. The highest BCUT2D eigenvalue weighted by molar-refractivity contribution is 6.04. The Labute approximate surface area is 165 Å². The molecule has 3 rings (SSSR count). The van der Waals surface area contributed by atoms with Crippen LogP contribution in [0.3, 0.4) is 0 Å². The molecular weight excluding hydrogens is 379 g/mol. The first kappa shape index (κ1) is 19.7. The van der Waals surface area contributed by atoms with Crippen molar-refractivity contribution < 1.29 is 18.8 Å². The van der Waals surface area contributed by atoms with Crippen molar-refractivity contribution in [1.82, 2.24) is 4.98 Å². The maximum atomic E-state index is 13.6. The summed E-state index contributed by atoms with van der Waals surface area (Å²) in [5.41, 5.74) is 0.725. The fourth-order valence-electron chi connectivity index (χ4n) is 2.58. The Morgan fingerprint density at radius 2 is 2.00 bits per heavy atom. The zero-order valence-electron chi connectivity index (χ0n) is 15.4. The lowest BCUT2D eigenvalue weighted by atomic mass is 10.1. The van der Waals surface area contributed by atoms with E-state index < -0.39 is 10.8 Å².